The molecular weight excluding hydrogens is 547 g/mol. The van der Waals surface area contributed by atoms with Gasteiger partial charge in [0.1, 0.15) is 0 Å². The number of hydrogen-bond donors (Lipinski definition) is 0. The van der Waals surface area contributed by atoms with Crippen LogP contribution < -0.4 is 0 Å². The van der Waals surface area contributed by atoms with Crippen molar-refractivity contribution in [2.45, 2.75) is 83.0 Å². The quantitative estimate of drug-likeness (QED) is 0.320. The Morgan fingerprint density at radius 1 is 0.929 bits per heavy atom. The summed E-state index contributed by atoms with van der Waals surface area (Å²) in [4.78, 5) is 19.1. The maximum absolute atomic E-state index is 14.7. The lowest BCUT2D eigenvalue weighted by Gasteiger charge is -2.51. The van der Waals surface area contributed by atoms with Gasteiger partial charge in [0.2, 0.25) is 0 Å². The molecule has 0 bridgehead atoms. The summed E-state index contributed by atoms with van der Waals surface area (Å²) in [6, 6.07) is 12.4. The summed E-state index contributed by atoms with van der Waals surface area (Å²) in [5.41, 5.74) is 5.72. The number of fused-ring (bicyclic) bond motifs is 4. The molecule has 1 aromatic carbocycles. The number of halogens is 5. The van der Waals surface area contributed by atoms with Crippen LogP contribution >= 0.6 is 0 Å². The Morgan fingerprint density at radius 2 is 1.60 bits per heavy atom. The second-order valence-electron chi connectivity index (χ2n) is 13.1. The number of alkyl halides is 5. The van der Waals surface area contributed by atoms with E-state index in [1.165, 1.54) is 11.1 Å². The second-order valence-corrected chi connectivity index (χ2v) is 13.1. The molecule has 4 aliphatic carbocycles. The van der Waals surface area contributed by atoms with Gasteiger partial charge in [0.05, 0.1) is 0 Å². The zero-order valence-corrected chi connectivity index (χ0v) is 24.1. The fourth-order valence-electron chi connectivity index (χ4n) is 8.73. The molecule has 0 saturated heterocycles. The number of ketones is 1. The molecule has 6 rings (SSSR count). The average molecular weight is 585 g/mol. The fourth-order valence-corrected chi connectivity index (χ4v) is 8.73. The normalized spacial score (nSPS) is 29.7. The molecule has 0 spiro atoms. The molecule has 5 atom stereocenters. The van der Waals surface area contributed by atoms with Crippen molar-refractivity contribution in [3.05, 3.63) is 88.3 Å². The lowest BCUT2D eigenvalue weighted by molar-refractivity contribution is -0.314. The van der Waals surface area contributed by atoms with Gasteiger partial charge in [-0.3, -0.25) is 14.7 Å². The minimum absolute atomic E-state index is 0.0123. The van der Waals surface area contributed by atoms with Gasteiger partial charge in [-0.25, -0.2) is 0 Å². The average Bonchev–Trinajstić information content (AvgIpc) is 3.30. The van der Waals surface area contributed by atoms with Crippen LogP contribution in [0, 0.1) is 23.2 Å². The van der Waals surface area contributed by atoms with Crippen molar-refractivity contribution in [3.8, 4) is 0 Å². The SMILES string of the molecule is CN(Cc1ccncc1)Cc1ccc(C2CC(=O)C=C3CC[C@@H]4C(=C32)CC[C@]2(C)C(C(F)(F)C(F)(F)F)CC[C@@H]42)cc1. The molecule has 8 heteroatoms. The van der Waals surface area contributed by atoms with E-state index in [1.807, 2.05) is 12.1 Å². The molecule has 224 valence electrons. The number of pyridine rings is 1. The van der Waals surface area contributed by atoms with Gasteiger partial charge in [-0.15, -0.1) is 0 Å². The number of carbonyl (C=O) groups excluding carboxylic acids is 1. The predicted octanol–water partition coefficient (Wildman–Crippen LogP) is 8.43. The number of benzene rings is 1. The summed E-state index contributed by atoms with van der Waals surface area (Å²) in [6.07, 6.45) is 2.62. The van der Waals surface area contributed by atoms with Crippen LogP contribution in [0.25, 0.3) is 0 Å². The molecule has 4 aliphatic rings. The smallest absolute Gasteiger partial charge is 0.298 e. The minimum Gasteiger partial charge on any atom is -0.298 e. The first-order chi connectivity index (χ1) is 19.9. The van der Waals surface area contributed by atoms with Crippen molar-refractivity contribution in [2.24, 2.45) is 23.2 Å². The van der Waals surface area contributed by atoms with Crippen LogP contribution in [0.15, 0.2) is 71.6 Å². The molecule has 3 nitrogen and oxygen atoms in total. The molecule has 2 saturated carbocycles. The van der Waals surface area contributed by atoms with Crippen molar-refractivity contribution in [3.63, 3.8) is 0 Å². The van der Waals surface area contributed by atoms with Crippen molar-refractivity contribution in [1.82, 2.24) is 9.88 Å². The van der Waals surface area contributed by atoms with E-state index >= 15 is 0 Å². The molecular formula is C34H37F5N2O. The highest BCUT2D eigenvalue weighted by molar-refractivity contribution is 5.94. The van der Waals surface area contributed by atoms with Gasteiger partial charge in [-0.2, -0.15) is 22.0 Å². The van der Waals surface area contributed by atoms with E-state index < -0.39 is 23.4 Å². The van der Waals surface area contributed by atoms with Crippen LogP contribution in [-0.4, -0.2) is 34.8 Å². The highest BCUT2D eigenvalue weighted by atomic mass is 19.4. The van der Waals surface area contributed by atoms with Crippen LogP contribution in [0.1, 0.15) is 74.5 Å². The van der Waals surface area contributed by atoms with Gasteiger partial charge < -0.3 is 0 Å². The summed E-state index contributed by atoms with van der Waals surface area (Å²) >= 11 is 0. The monoisotopic (exact) mass is 584 g/mol. The third kappa shape index (κ3) is 5.03. The second kappa shape index (κ2) is 10.7. The molecule has 0 amide bonds. The molecule has 0 N–H and O–H groups in total. The zero-order valence-electron chi connectivity index (χ0n) is 24.1. The molecule has 2 fully saturated rings. The Bertz CT molecular complexity index is 1400. The molecule has 1 heterocycles. The first-order valence-electron chi connectivity index (χ1n) is 15.0. The first-order valence-corrected chi connectivity index (χ1v) is 15.0. The lowest BCUT2D eigenvalue weighted by atomic mass is 9.54. The van der Waals surface area contributed by atoms with Gasteiger partial charge in [0.15, 0.2) is 5.78 Å². The molecule has 2 unspecified atom stereocenters. The number of rotatable bonds is 6. The van der Waals surface area contributed by atoms with Crippen LogP contribution in [0.2, 0.25) is 0 Å². The minimum atomic E-state index is -5.54. The number of hydrogen-bond acceptors (Lipinski definition) is 3. The van der Waals surface area contributed by atoms with E-state index in [0.717, 1.165) is 35.4 Å². The van der Waals surface area contributed by atoms with Crippen LogP contribution in [0.4, 0.5) is 22.0 Å². The van der Waals surface area contributed by atoms with Crippen molar-refractivity contribution < 1.29 is 26.7 Å². The van der Waals surface area contributed by atoms with Crippen LogP contribution in [0.3, 0.4) is 0 Å². The van der Waals surface area contributed by atoms with E-state index in [2.05, 4.69) is 41.2 Å². The first kappa shape index (κ1) is 29.2. The van der Waals surface area contributed by atoms with Crippen LogP contribution in [0.5, 0.6) is 0 Å². The predicted molar refractivity (Wildman–Crippen MR) is 151 cm³/mol. The summed E-state index contributed by atoms with van der Waals surface area (Å²) in [6.45, 7) is 3.23. The van der Waals surface area contributed by atoms with Gasteiger partial charge >= 0.3 is 12.1 Å². The molecule has 1 aromatic heterocycles. The van der Waals surface area contributed by atoms with E-state index in [9.17, 15) is 26.7 Å². The fraction of sp³-hybridized carbons (Fsp3) is 0.529. The third-order valence-electron chi connectivity index (χ3n) is 10.6. The van der Waals surface area contributed by atoms with Gasteiger partial charge in [-0.1, -0.05) is 36.8 Å². The lowest BCUT2D eigenvalue weighted by Crippen LogP contribution is -2.51. The van der Waals surface area contributed by atoms with Crippen molar-refractivity contribution in [2.75, 3.05) is 7.05 Å². The van der Waals surface area contributed by atoms with E-state index in [1.54, 1.807) is 25.4 Å². The summed E-state index contributed by atoms with van der Waals surface area (Å²) in [5.74, 6) is -6.62. The standard InChI is InChI=1S/C34H37F5N2O/c1-32-14-11-27-26(29(32)9-10-30(32)33(35,36)34(37,38)39)8-7-24-17-25(42)18-28(31(24)27)23-5-3-21(4-6-23)19-41(2)20-22-12-15-40-16-13-22/h3-6,12-13,15-17,26,28-30H,7-11,14,18-20H2,1-2H3/t26-,28?,29+,30?,32+/m1/s1. The Hall–Kier alpha value is -2.87. The Morgan fingerprint density at radius 3 is 2.26 bits per heavy atom. The number of nitrogens with zero attached hydrogens (tertiary/aromatic N) is 2. The molecule has 42 heavy (non-hydrogen) atoms. The highest BCUT2D eigenvalue weighted by Crippen LogP contribution is 2.67. The number of carbonyl (C=O) groups is 1. The number of aromatic nitrogens is 1. The number of allylic oxidation sites excluding steroid dienone is 4. The zero-order chi connectivity index (χ0) is 29.9. The van der Waals surface area contributed by atoms with E-state index in [-0.39, 0.29) is 30.0 Å². The molecule has 2 aromatic rings. The van der Waals surface area contributed by atoms with Gasteiger partial charge in [0.25, 0.3) is 0 Å². The van der Waals surface area contributed by atoms with E-state index in [0.29, 0.717) is 38.5 Å². The Balaban J connectivity index is 1.26. The maximum Gasteiger partial charge on any atom is 0.453 e. The van der Waals surface area contributed by atoms with Crippen LogP contribution in [-0.2, 0) is 17.9 Å². The molecule has 0 radical (unpaired) electrons. The van der Waals surface area contributed by atoms with Gasteiger partial charge in [0, 0.05) is 43.7 Å². The summed E-state index contributed by atoms with van der Waals surface area (Å²) < 4.78 is 69.7. The summed E-state index contributed by atoms with van der Waals surface area (Å²) in [7, 11) is 2.06. The maximum atomic E-state index is 14.7. The largest absolute Gasteiger partial charge is 0.453 e. The van der Waals surface area contributed by atoms with Crippen molar-refractivity contribution in [1.29, 1.82) is 0 Å². The topological polar surface area (TPSA) is 33.2 Å². The highest BCUT2D eigenvalue weighted by Gasteiger charge is 2.70. The van der Waals surface area contributed by atoms with E-state index in [4.69, 9.17) is 0 Å². The summed E-state index contributed by atoms with van der Waals surface area (Å²) in [5, 5.41) is 0. The molecule has 0 aliphatic heterocycles. The Kier molecular flexibility index (Phi) is 7.43. The Labute approximate surface area is 243 Å². The third-order valence-corrected chi connectivity index (χ3v) is 10.6. The van der Waals surface area contributed by atoms with Crippen molar-refractivity contribution >= 4 is 5.78 Å². The van der Waals surface area contributed by atoms with Gasteiger partial charge in [-0.05, 0) is 109 Å².